The SMILES string of the molecule is O=C(NCCc1ccc(OCCOCCOCCNC(=O)c2ccc(C3(C(F)(F)F)N=N3)cc2)c(OCCOCCOCCNC(=O)c2ccc(C3(C(F)(F)F)N=N3)cc2)c1)C(=O)NCCc1ccc(OCCOCCOCCNC(=O)c2ccc(C3(C(F)(F)F)N=N3)cc2)c(OCCOCCOCCNC(=O)c2ccc(C3(C(F)(F)F)N=N3)cc2)c1. The Bertz CT molecular complexity index is 4300. The molecule has 0 atom stereocenters. The molecule has 0 saturated heterocycles. The second-order valence-electron chi connectivity index (χ2n) is 26.7. The molecule has 44 heteroatoms. The molecule has 658 valence electrons. The summed E-state index contributed by atoms with van der Waals surface area (Å²) in [7, 11) is 0. The first-order valence-corrected chi connectivity index (χ1v) is 38.0. The third-order valence-corrected chi connectivity index (χ3v) is 18.2. The number of alkyl halides is 12. The number of benzene rings is 6. The molecule has 0 fully saturated rings. The van der Waals surface area contributed by atoms with Crippen LogP contribution in [0.1, 0.15) is 74.8 Å². The lowest BCUT2D eigenvalue weighted by molar-refractivity contribution is -0.166. The van der Waals surface area contributed by atoms with Crippen molar-refractivity contribution in [2.45, 2.75) is 60.2 Å². The van der Waals surface area contributed by atoms with Crippen LogP contribution in [0.4, 0.5) is 52.7 Å². The van der Waals surface area contributed by atoms with E-state index >= 15 is 0 Å². The van der Waals surface area contributed by atoms with E-state index in [1.807, 2.05) is 0 Å². The minimum Gasteiger partial charge on any atom is -0.487 e. The fourth-order valence-electron chi connectivity index (χ4n) is 11.4. The highest BCUT2D eigenvalue weighted by Gasteiger charge is 2.68. The maximum Gasteiger partial charge on any atom is 0.442 e. The van der Waals surface area contributed by atoms with E-state index in [-0.39, 0.29) is 229 Å². The molecule has 0 aliphatic carbocycles. The summed E-state index contributed by atoms with van der Waals surface area (Å²) in [6.07, 6.45) is -18.3. The van der Waals surface area contributed by atoms with Crippen LogP contribution in [0.3, 0.4) is 0 Å². The molecule has 0 unspecified atom stereocenters. The molecule has 0 bridgehead atoms. The molecular formula is C78H84F12N14O18. The Morgan fingerprint density at radius 2 is 0.451 bits per heavy atom. The van der Waals surface area contributed by atoms with Crippen LogP contribution in [0.5, 0.6) is 23.0 Å². The van der Waals surface area contributed by atoms with E-state index in [4.69, 9.17) is 56.8 Å². The summed E-state index contributed by atoms with van der Waals surface area (Å²) >= 11 is 0. The molecule has 6 aromatic carbocycles. The van der Waals surface area contributed by atoms with Gasteiger partial charge in [0, 0.05) is 83.8 Å². The van der Waals surface area contributed by atoms with Crippen molar-refractivity contribution in [2.24, 2.45) is 40.9 Å². The molecule has 0 saturated carbocycles. The fraction of sp³-hybridized carbons (Fsp3) is 0.462. The maximum atomic E-state index is 13.4. The number of nitrogens with one attached hydrogen (secondary N) is 6. The topological polar surface area (TPSA) is 384 Å². The van der Waals surface area contributed by atoms with Crippen LogP contribution >= 0.6 is 0 Å². The maximum absolute atomic E-state index is 13.4. The molecular weight excluding hydrogens is 1650 g/mol. The molecule has 122 heavy (non-hydrogen) atoms. The second-order valence-corrected chi connectivity index (χ2v) is 26.7. The van der Waals surface area contributed by atoms with Gasteiger partial charge in [-0.05, 0) is 96.8 Å². The summed E-state index contributed by atoms with van der Waals surface area (Å²) in [6, 6.07) is 29.2. The first kappa shape index (κ1) is 92.9. The van der Waals surface area contributed by atoms with Crippen molar-refractivity contribution in [1.29, 1.82) is 0 Å². The molecule has 4 aliphatic rings. The van der Waals surface area contributed by atoms with E-state index in [1.165, 1.54) is 48.5 Å². The van der Waals surface area contributed by atoms with Crippen LogP contribution in [0, 0.1) is 0 Å². The molecule has 4 heterocycles. The largest absolute Gasteiger partial charge is 0.487 e. The Balaban J connectivity index is 0.632. The van der Waals surface area contributed by atoms with Crippen molar-refractivity contribution in [3.05, 3.63) is 189 Å². The Morgan fingerprint density at radius 3 is 0.664 bits per heavy atom. The van der Waals surface area contributed by atoms with E-state index < -0.39 is 82.8 Å². The van der Waals surface area contributed by atoms with Crippen molar-refractivity contribution in [2.75, 3.05) is 171 Å². The quantitative estimate of drug-likeness (QED) is 0.0117. The van der Waals surface area contributed by atoms with Gasteiger partial charge in [0.05, 0.1) is 106 Å². The average Bonchev–Trinajstić information content (AvgIpc) is 1.60. The van der Waals surface area contributed by atoms with E-state index in [0.29, 0.717) is 34.1 Å². The molecule has 6 N–H and O–H groups in total. The van der Waals surface area contributed by atoms with Crippen molar-refractivity contribution in [1.82, 2.24) is 31.9 Å². The lowest BCUT2D eigenvalue weighted by atomic mass is 10.0. The van der Waals surface area contributed by atoms with Gasteiger partial charge >= 0.3 is 59.2 Å². The first-order valence-electron chi connectivity index (χ1n) is 38.0. The Kier molecular flexibility index (Phi) is 33.0. The number of hydrogen-bond acceptors (Lipinski definition) is 26. The van der Waals surface area contributed by atoms with Crippen LogP contribution in [-0.4, -0.2) is 232 Å². The zero-order valence-electron chi connectivity index (χ0n) is 65.0. The third-order valence-electron chi connectivity index (χ3n) is 18.2. The van der Waals surface area contributed by atoms with E-state index in [2.05, 4.69) is 72.8 Å². The van der Waals surface area contributed by atoms with Gasteiger partial charge in [-0.3, -0.25) is 28.8 Å². The molecule has 6 aromatic rings. The third kappa shape index (κ3) is 26.3. The molecule has 0 spiro atoms. The van der Waals surface area contributed by atoms with Crippen LogP contribution in [0.2, 0.25) is 0 Å². The van der Waals surface area contributed by atoms with Gasteiger partial charge in [0.25, 0.3) is 23.6 Å². The van der Waals surface area contributed by atoms with Gasteiger partial charge in [-0.1, -0.05) is 60.7 Å². The number of rotatable bonds is 54. The van der Waals surface area contributed by atoms with Gasteiger partial charge in [-0.25, -0.2) is 0 Å². The molecule has 0 aromatic heterocycles. The minimum absolute atomic E-state index is 0.0235. The number of carbonyl (C=O) groups excluding carboxylic acids is 6. The smallest absolute Gasteiger partial charge is 0.442 e. The van der Waals surface area contributed by atoms with Crippen LogP contribution < -0.4 is 50.8 Å². The summed E-state index contributed by atoms with van der Waals surface area (Å²) in [6.45, 7) is 2.51. The van der Waals surface area contributed by atoms with Gasteiger partial charge in [0.15, 0.2) is 23.0 Å². The van der Waals surface area contributed by atoms with Gasteiger partial charge < -0.3 is 88.7 Å². The number of carbonyl (C=O) groups is 6. The number of halogens is 12. The van der Waals surface area contributed by atoms with Crippen molar-refractivity contribution >= 4 is 35.4 Å². The highest BCUT2D eigenvalue weighted by molar-refractivity contribution is 6.35. The fourth-order valence-corrected chi connectivity index (χ4v) is 11.4. The van der Waals surface area contributed by atoms with Crippen LogP contribution in [0.15, 0.2) is 174 Å². The molecule has 10 rings (SSSR count). The number of nitrogens with zero attached hydrogens (tertiary/aromatic N) is 8. The minimum atomic E-state index is -4.71. The van der Waals surface area contributed by atoms with Crippen molar-refractivity contribution in [3.8, 4) is 23.0 Å². The van der Waals surface area contributed by atoms with E-state index in [9.17, 15) is 81.5 Å². The normalized spacial score (nSPS) is 14.8. The summed E-state index contributed by atoms with van der Waals surface area (Å²) in [5.74, 6) is -2.67. The Labute approximate surface area is 687 Å². The molecule has 32 nitrogen and oxygen atoms in total. The lowest BCUT2D eigenvalue weighted by Gasteiger charge is -2.15. The number of ether oxygens (including phenoxy) is 12. The highest BCUT2D eigenvalue weighted by Crippen LogP contribution is 2.55. The molecule has 0 radical (unpaired) electrons. The van der Waals surface area contributed by atoms with E-state index in [0.717, 1.165) is 48.5 Å². The highest BCUT2D eigenvalue weighted by atomic mass is 19.4. The van der Waals surface area contributed by atoms with Crippen molar-refractivity contribution < 1.29 is 138 Å². The standard InChI is InChI=1S/C78H84F12N14O18/c79-75(80,81)71(97-98-71)57-11-3-53(4-12-57)65(105)93-25-29-111-33-37-115-41-45-119-61-19-1-51(49-63(61)121-47-43-117-39-35-113-31-27-95-67(107)55-7-15-59(16-8-55)73(101-102-73)77(85,86)87)21-23-91-69(109)70(110)92-24-22-52-2-20-62(120-46-42-116-38-34-112-30-26-94-66(106)54-5-13-58(14-6-54)72(99-100-72)76(82,83)84)64(50-52)122-48-44-118-40-36-114-32-28-96-68(108)56-9-17-60(18-10-56)74(103-104-74)78(88,89)90/h1-20,49-50H,21-48H2,(H,91,109)(H,92,110)(H,93,105)(H,94,106)(H,95,107)(H,96,108). The summed E-state index contributed by atoms with van der Waals surface area (Å²) in [5, 5.41) is 41.0. The average molecular weight is 1730 g/mol. The first-order chi connectivity index (χ1) is 58.5. The van der Waals surface area contributed by atoms with E-state index in [1.54, 1.807) is 36.4 Å². The predicted molar refractivity (Wildman–Crippen MR) is 400 cm³/mol. The van der Waals surface area contributed by atoms with Gasteiger partial charge in [-0.2, -0.15) is 52.7 Å². The monoisotopic (exact) mass is 1730 g/mol. The summed E-state index contributed by atoms with van der Waals surface area (Å²) in [4.78, 5) is 76.5. The van der Waals surface area contributed by atoms with Gasteiger partial charge in [-0.15, -0.1) is 40.9 Å². The number of hydrogen-bond donors (Lipinski definition) is 6. The molecule has 6 amide bonds. The van der Waals surface area contributed by atoms with Gasteiger partial charge in [0.1, 0.15) is 26.4 Å². The van der Waals surface area contributed by atoms with Crippen LogP contribution in [0.25, 0.3) is 0 Å². The van der Waals surface area contributed by atoms with Gasteiger partial charge in [0.2, 0.25) is 0 Å². The Hall–Kier alpha value is -11.4. The molecule has 4 aliphatic heterocycles. The number of amides is 6. The Morgan fingerprint density at radius 1 is 0.246 bits per heavy atom. The predicted octanol–water partition coefficient (Wildman–Crippen LogP) is 9.80. The zero-order chi connectivity index (χ0) is 87.3. The summed E-state index contributed by atoms with van der Waals surface area (Å²) in [5.41, 5.74) is -9.38. The van der Waals surface area contributed by atoms with Crippen LogP contribution in [-0.2, 0) is 83.0 Å². The zero-order valence-corrected chi connectivity index (χ0v) is 65.0. The lowest BCUT2D eigenvalue weighted by Crippen LogP contribution is -2.41. The second kappa shape index (κ2) is 43.4. The summed E-state index contributed by atoms with van der Waals surface area (Å²) < 4.78 is 229. The van der Waals surface area contributed by atoms with Crippen molar-refractivity contribution in [3.63, 3.8) is 0 Å².